The molecule has 0 saturated carbocycles. The van der Waals surface area contributed by atoms with Gasteiger partial charge in [-0.15, -0.1) is 0 Å². The number of rotatable bonds is 13. The van der Waals surface area contributed by atoms with Gasteiger partial charge in [-0.3, -0.25) is 0 Å². The average Bonchev–Trinajstić information content (AvgIpc) is 4.13. The highest BCUT2D eigenvalue weighted by molar-refractivity contribution is 5.98. The van der Waals surface area contributed by atoms with Gasteiger partial charge in [0, 0.05) is 49.9 Å². The van der Waals surface area contributed by atoms with E-state index in [1.807, 2.05) is 6.08 Å². The van der Waals surface area contributed by atoms with Gasteiger partial charge >= 0.3 is 0 Å². The molecule has 1 aliphatic rings. The molecule has 3 heteroatoms. The van der Waals surface area contributed by atoms with Gasteiger partial charge in [0.2, 0.25) is 0 Å². The highest BCUT2D eigenvalue weighted by Crippen LogP contribution is 2.40. The highest BCUT2D eigenvalue weighted by Gasteiger charge is 2.18. The van der Waals surface area contributed by atoms with Gasteiger partial charge in [-0.05, 0) is 146 Å². The van der Waals surface area contributed by atoms with Crippen molar-refractivity contribution in [3.8, 4) is 72.4 Å². The normalized spacial score (nSPS) is 12.0. The Hall–Kier alpha value is -10.5. The molecule has 0 N–H and O–H groups in total. The lowest BCUT2D eigenvalue weighted by Gasteiger charge is -2.26. The fourth-order valence-corrected chi connectivity index (χ4v) is 11.7. The van der Waals surface area contributed by atoms with Gasteiger partial charge in [0.25, 0.3) is 0 Å². The summed E-state index contributed by atoms with van der Waals surface area (Å²) in [5.41, 5.74) is 24.8. The van der Waals surface area contributed by atoms with Crippen molar-refractivity contribution in [3.63, 3.8) is 0 Å². The van der Waals surface area contributed by atoms with E-state index in [4.69, 9.17) is 4.42 Å². The lowest BCUT2D eigenvalue weighted by Crippen LogP contribution is -2.21. The Labute approximate surface area is 472 Å². The van der Waals surface area contributed by atoms with Crippen LogP contribution in [0.15, 0.2) is 284 Å². The first-order valence-electron chi connectivity index (χ1n) is 27.9. The molecule has 0 unspecified atom stereocenters. The molecular weight excluding hydrogens is 981 g/mol. The van der Waals surface area contributed by atoms with E-state index >= 15 is 0 Å². The molecule has 13 aromatic rings. The van der Waals surface area contributed by atoms with Gasteiger partial charge in [0.05, 0.1) is 11.2 Å². The molecule has 0 fully saturated rings. The third-order valence-electron chi connectivity index (χ3n) is 15.9. The van der Waals surface area contributed by atoms with Crippen LogP contribution in [0.1, 0.15) is 29.7 Å². The van der Waals surface area contributed by atoms with Crippen molar-refractivity contribution in [2.75, 3.05) is 4.90 Å². The van der Waals surface area contributed by atoms with Crippen molar-refractivity contribution in [2.45, 2.75) is 12.8 Å². The lowest BCUT2D eigenvalue weighted by atomic mass is 9.99. The Balaban J connectivity index is 0.740. The Morgan fingerprint density at radius 3 is 1.30 bits per heavy atom. The fraction of sp³-hybridized carbons (Fsp3) is 0.0256. The van der Waals surface area contributed by atoms with Crippen molar-refractivity contribution in [1.29, 1.82) is 0 Å². The fourth-order valence-electron chi connectivity index (χ4n) is 11.7. The van der Waals surface area contributed by atoms with E-state index < -0.39 is 0 Å². The summed E-state index contributed by atoms with van der Waals surface area (Å²) >= 11 is 0. The summed E-state index contributed by atoms with van der Waals surface area (Å²) in [6, 6.07) is 98.4. The number of aromatic nitrogens is 1. The molecule has 14 rings (SSSR count). The van der Waals surface area contributed by atoms with Crippen LogP contribution >= 0.6 is 0 Å². The minimum Gasteiger partial charge on any atom is -0.456 e. The summed E-state index contributed by atoms with van der Waals surface area (Å²) in [7, 11) is 0. The number of nitrogens with zero attached hydrogens (tertiary/aromatic N) is 2. The quantitative estimate of drug-likeness (QED) is 0.115. The molecule has 0 amide bonds. The summed E-state index contributed by atoms with van der Waals surface area (Å²) in [6.45, 7) is 4.34. The molecule has 0 aliphatic heterocycles. The van der Waals surface area contributed by atoms with Gasteiger partial charge in [0.1, 0.15) is 11.0 Å². The third kappa shape index (κ3) is 9.51. The van der Waals surface area contributed by atoms with Crippen LogP contribution in [0.2, 0.25) is 0 Å². The summed E-state index contributed by atoms with van der Waals surface area (Å²) in [4.78, 5) is 2.35. The maximum atomic E-state index is 6.42. The second-order valence-electron chi connectivity index (χ2n) is 20.8. The average molecular weight is 1040 g/mol. The first kappa shape index (κ1) is 48.9. The van der Waals surface area contributed by atoms with E-state index in [1.54, 1.807) is 0 Å². The van der Waals surface area contributed by atoms with Gasteiger partial charge in [-0.1, -0.05) is 243 Å². The van der Waals surface area contributed by atoms with Crippen molar-refractivity contribution in [2.24, 2.45) is 0 Å². The maximum Gasteiger partial charge on any atom is 0.143 e. The van der Waals surface area contributed by atoms with Crippen LogP contribution in [0.4, 0.5) is 17.1 Å². The largest absolute Gasteiger partial charge is 0.456 e. The van der Waals surface area contributed by atoms with Crippen LogP contribution in [0.25, 0.3) is 125 Å². The highest BCUT2D eigenvalue weighted by atomic mass is 16.3. The molecule has 0 radical (unpaired) electrons. The monoisotopic (exact) mass is 1040 g/mol. The maximum absolute atomic E-state index is 6.42. The Bertz CT molecular complexity index is 4420. The number of furan rings is 1. The summed E-state index contributed by atoms with van der Waals surface area (Å²) < 4.78 is 8.74. The second-order valence-corrected chi connectivity index (χ2v) is 20.8. The SMILES string of the molecule is C=Cc1c(C=Cc2ccc(-c3cccc4c5c(oc34)=CCCC=5)cc2)c2ccccc2n1-c1ccc(-c2ccc(N(c3ccc(-c4ccc(-c5ccccc5)cc4)cc3)c3ccc(-c4ccc(-c5ccccc5)cc4)cc3)cc2)cc1. The van der Waals surface area contributed by atoms with Crippen molar-refractivity contribution < 1.29 is 4.42 Å². The van der Waals surface area contributed by atoms with Gasteiger partial charge in [-0.2, -0.15) is 0 Å². The zero-order valence-corrected chi connectivity index (χ0v) is 44.8. The smallest absolute Gasteiger partial charge is 0.143 e. The van der Waals surface area contributed by atoms with Crippen LogP contribution < -0.4 is 15.5 Å². The minimum absolute atomic E-state index is 0.955. The Morgan fingerprint density at radius 2 is 0.790 bits per heavy atom. The van der Waals surface area contributed by atoms with E-state index in [1.165, 1.54) is 60.5 Å². The van der Waals surface area contributed by atoms with E-state index in [9.17, 15) is 0 Å². The molecule has 0 spiro atoms. The predicted octanol–water partition coefficient (Wildman–Crippen LogP) is 20.0. The van der Waals surface area contributed by atoms with Gasteiger partial charge in [-0.25, -0.2) is 0 Å². The molecule has 0 atom stereocenters. The predicted molar refractivity (Wildman–Crippen MR) is 343 cm³/mol. The molecule has 2 heterocycles. The van der Waals surface area contributed by atoms with Crippen molar-refractivity contribution in [3.05, 3.63) is 307 Å². The molecule has 0 saturated heterocycles. The van der Waals surface area contributed by atoms with Crippen LogP contribution in [0.3, 0.4) is 0 Å². The molecule has 0 bridgehead atoms. The third-order valence-corrected chi connectivity index (χ3v) is 15.9. The van der Waals surface area contributed by atoms with E-state index in [-0.39, 0.29) is 0 Å². The number of fused-ring (bicyclic) bond motifs is 4. The number of anilines is 3. The van der Waals surface area contributed by atoms with Crippen LogP contribution in [-0.4, -0.2) is 4.57 Å². The summed E-state index contributed by atoms with van der Waals surface area (Å²) in [6.07, 6.45) is 13.0. The van der Waals surface area contributed by atoms with Crippen LogP contribution in [0, 0.1) is 0 Å². The van der Waals surface area contributed by atoms with Crippen molar-refractivity contribution in [1.82, 2.24) is 4.57 Å². The lowest BCUT2D eigenvalue weighted by molar-refractivity contribution is 0.572. The van der Waals surface area contributed by atoms with Crippen LogP contribution in [0.5, 0.6) is 0 Å². The molecule has 3 nitrogen and oxygen atoms in total. The molecule has 1 aliphatic carbocycles. The van der Waals surface area contributed by atoms with E-state index in [0.29, 0.717) is 0 Å². The Morgan fingerprint density at radius 1 is 0.370 bits per heavy atom. The first-order chi connectivity index (χ1) is 40.1. The summed E-state index contributed by atoms with van der Waals surface area (Å²) in [5.74, 6) is 0. The van der Waals surface area contributed by atoms with Gasteiger partial charge < -0.3 is 13.9 Å². The number of hydrogen-bond donors (Lipinski definition) is 0. The molecular formula is C78H56N2O. The topological polar surface area (TPSA) is 21.3 Å². The van der Waals surface area contributed by atoms with E-state index in [0.717, 1.165) is 91.2 Å². The first-order valence-corrected chi connectivity index (χ1v) is 27.9. The number of para-hydroxylation sites is 2. The molecule has 2 aromatic heterocycles. The van der Waals surface area contributed by atoms with Crippen molar-refractivity contribution >= 4 is 69.3 Å². The minimum atomic E-state index is 0.955. The van der Waals surface area contributed by atoms with Gasteiger partial charge in [0.15, 0.2) is 0 Å². The molecule has 11 aromatic carbocycles. The van der Waals surface area contributed by atoms with Crippen LogP contribution in [-0.2, 0) is 0 Å². The number of hydrogen-bond acceptors (Lipinski definition) is 2. The number of benzene rings is 11. The molecule has 384 valence electrons. The zero-order valence-electron chi connectivity index (χ0n) is 44.8. The second kappa shape index (κ2) is 21.4. The molecule has 81 heavy (non-hydrogen) atoms. The van der Waals surface area contributed by atoms with E-state index in [2.05, 4.69) is 313 Å². The standard InChI is InChI=1S/C78H56N2O/c1-2-75-72(53-26-54-24-27-65(28-25-54)70-20-13-21-74-73-19-10-12-23-77(73)81-78(70)74)71-18-9-11-22-76(71)80(75)69-51-43-64(44-52-69)63-41-49-68(50-42-63)79(66-45-37-61(38-46-66)59-33-29-57(30-34-59)55-14-5-3-6-15-55)67-47-39-62(40-48-67)60-35-31-58(32-36-60)56-16-7-4-8-17-56/h2-9,11,13-53H,1,10,12H2. The Kier molecular flexibility index (Phi) is 12.9. The zero-order chi connectivity index (χ0) is 54.1. The summed E-state index contributed by atoms with van der Waals surface area (Å²) in [5, 5.41) is 3.58.